The van der Waals surface area contributed by atoms with Crippen LogP contribution in [-0.4, -0.2) is 43.1 Å². The second kappa shape index (κ2) is 12.2. The molecule has 1 aromatic carbocycles. The summed E-state index contributed by atoms with van der Waals surface area (Å²) < 4.78 is 0. The van der Waals surface area contributed by atoms with Gasteiger partial charge in [0.1, 0.15) is 0 Å². The highest BCUT2D eigenvalue weighted by atomic mass is 16.2. The van der Waals surface area contributed by atoms with Crippen LogP contribution in [0.3, 0.4) is 0 Å². The third-order valence-corrected chi connectivity index (χ3v) is 4.66. The highest BCUT2D eigenvalue weighted by Gasteiger charge is 2.17. The van der Waals surface area contributed by atoms with E-state index < -0.39 is 0 Å². The lowest BCUT2D eigenvalue weighted by Gasteiger charge is -2.16. The molecule has 1 aromatic rings. The van der Waals surface area contributed by atoms with Crippen molar-refractivity contribution < 1.29 is 4.79 Å². The zero-order valence-corrected chi connectivity index (χ0v) is 16.9. The van der Waals surface area contributed by atoms with Gasteiger partial charge in [0.25, 0.3) is 0 Å². The van der Waals surface area contributed by atoms with E-state index in [1.54, 1.807) is 0 Å². The van der Waals surface area contributed by atoms with Crippen molar-refractivity contribution >= 4 is 17.7 Å². The summed E-state index contributed by atoms with van der Waals surface area (Å²) in [6.07, 6.45) is 7.14. The van der Waals surface area contributed by atoms with Gasteiger partial charge in [0.2, 0.25) is 0 Å². The summed E-state index contributed by atoms with van der Waals surface area (Å²) in [6, 6.07) is 7.94. The van der Waals surface area contributed by atoms with Gasteiger partial charge >= 0.3 is 6.03 Å². The van der Waals surface area contributed by atoms with Gasteiger partial charge in [-0.25, -0.2) is 9.79 Å². The molecule has 1 aliphatic rings. The summed E-state index contributed by atoms with van der Waals surface area (Å²) in [5, 5.41) is 9.68. The molecular weight excluding hydrogens is 338 g/mol. The number of rotatable bonds is 9. The highest BCUT2D eigenvalue weighted by Crippen LogP contribution is 2.14. The summed E-state index contributed by atoms with van der Waals surface area (Å²) in [5.74, 6) is 0.848. The summed E-state index contributed by atoms with van der Waals surface area (Å²) in [5.41, 5.74) is 1.91. The Labute approximate surface area is 163 Å². The largest absolute Gasteiger partial charge is 0.357 e. The van der Waals surface area contributed by atoms with Crippen LogP contribution in [0.1, 0.15) is 57.9 Å². The average molecular weight is 374 g/mol. The Bertz CT molecular complexity index is 596. The molecule has 2 rings (SSSR count). The first-order valence-corrected chi connectivity index (χ1v) is 10.4. The summed E-state index contributed by atoms with van der Waals surface area (Å²) in [6.45, 7) is 8.36. The van der Waals surface area contributed by atoms with Crippen molar-refractivity contribution in [2.24, 2.45) is 4.99 Å². The van der Waals surface area contributed by atoms with Gasteiger partial charge in [-0.3, -0.25) is 0 Å². The van der Waals surface area contributed by atoms with Gasteiger partial charge in [0.05, 0.1) is 6.54 Å². The van der Waals surface area contributed by atoms with Crippen molar-refractivity contribution in [1.29, 1.82) is 0 Å². The van der Waals surface area contributed by atoms with E-state index in [4.69, 9.17) is 0 Å². The van der Waals surface area contributed by atoms with Crippen molar-refractivity contribution in [3.8, 4) is 0 Å². The van der Waals surface area contributed by atoms with Crippen molar-refractivity contribution in [2.45, 2.75) is 58.9 Å². The number of anilines is 1. The molecule has 150 valence electrons. The fraction of sp³-hybridized carbons (Fsp3) is 0.619. The van der Waals surface area contributed by atoms with E-state index in [0.717, 1.165) is 62.7 Å². The van der Waals surface area contributed by atoms with E-state index in [2.05, 4.69) is 34.8 Å². The Kier molecular flexibility index (Phi) is 9.52. The van der Waals surface area contributed by atoms with Gasteiger partial charge < -0.3 is 20.9 Å². The lowest BCUT2D eigenvalue weighted by atomic mass is 10.2. The fourth-order valence-electron chi connectivity index (χ4n) is 3.14. The van der Waals surface area contributed by atoms with Gasteiger partial charge in [-0.05, 0) is 43.9 Å². The number of urea groups is 1. The third-order valence-electron chi connectivity index (χ3n) is 4.66. The Morgan fingerprint density at radius 3 is 2.67 bits per heavy atom. The molecule has 27 heavy (non-hydrogen) atoms. The summed E-state index contributed by atoms with van der Waals surface area (Å²) in [4.78, 5) is 18.8. The van der Waals surface area contributed by atoms with Crippen LogP contribution < -0.4 is 16.0 Å². The van der Waals surface area contributed by atoms with Crippen molar-refractivity contribution in [3.63, 3.8) is 0 Å². The zero-order chi connectivity index (χ0) is 19.3. The molecule has 6 heteroatoms. The van der Waals surface area contributed by atoms with Crippen molar-refractivity contribution in [1.82, 2.24) is 15.5 Å². The molecule has 0 bridgehead atoms. The number of carbonyl (C=O) groups is 1. The topological polar surface area (TPSA) is 68.8 Å². The quantitative estimate of drug-likeness (QED) is 0.349. The fourth-order valence-corrected chi connectivity index (χ4v) is 3.14. The van der Waals surface area contributed by atoms with E-state index in [1.165, 1.54) is 19.3 Å². The highest BCUT2D eigenvalue weighted by molar-refractivity contribution is 5.89. The Morgan fingerprint density at radius 1 is 1.11 bits per heavy atom. The Hall–Kier alpha value is -2.24. The van der Waals surface area contributed by atoms with E-state index in [0.29, 0.717) is 6.54 Å². The molecule has 0 radical (unpaired) electrons. The van der Waals surface area contributed by atoms with E-state index in [1.807, 2.05) is 29.2 Å². The monoisotopic (exact) mass is 373 g/mol. The van der Waals surface area contributed by atoms with E-state index >= 15 is 0 Å². The van der Waals surface area contributed by atoms with Crippen LogP contribution in [0, 0.1) is 0 Å². The molecule has 0 saturated carbocycles. The van der Waals surface area contributed by atoms with Crippen molar-refractivity contribution in [3.05, 3.63) is 29.8 Å². The standard InChI is InChI=1S/C21H35N5O/c1-3-5-6-7-13-23-20(22-4-2)24-17-18-11-10-12-19(16-18)25-21(27)26-14-8-9-15-26/h10-12,16H,3-9,13-15,17H2,1-2H3,(H,25,27)(H2,22,23,24). The van der Waals surface area contributed by atoms with Gasteiger partial charge in [0, 0.05) is 31.9 Å². The molecule has 0 atom stereocenters. The van der Waals surface area contributed by atoms with Crippen molar-refractivity contribution in [2.75, 3.05) is 31.5 Å². The first-order chi connectivity index (χ1) is 13.2. The minimum atomic E-state index is -0.00441. The van der Waals surface area contributed by atoms with Gasteiger partial charge in [-0.15, -0.1) is 0 Å². The Morgan fingerprint density at radius 2 is 1.93 bits per heavy atom. The summed E-state index contributed by atoms with van der Waals surface area (Å²) in [7, 11) is 0. The number of amides is 2. The maximum absolute atomic E-state index is 12.2. The number of unbranched alkanes of at least 4 members (excludes halogenated alkanes) is 3. The minimum Gasteiger partial charge on any atom is -0.357 e. The smallest absolute Gasteiger partial charge is 0.321 e. The maximum Gasteiger partial charge on any atom is 0.321 e. The molecule has 0 aliphatic carbocycles. The molecule has 0 spiro atoms. The number of guanidine groups is 1. The minimum absolute atomic E-state index is 0.00441. The molecule has 6 nitrogen and oxygen atoms in total. The zero-order valence-electron chi connectivity index (χ0n) is 16.9. The molecule has 1 fully saturated rings. The number of benzene rings is 1. The van der Waals surface area contributed by atoms with Crippen LogP contribution in [0.4, 0.5) is 10.5 Å². The molecule has 2 amide bonds. The molecule has 0 aromatic heterocycles. The average Bonchev–Trinajstić information content (AvgIpc) is 3.21. The van der Waals surface area contributed by atoms with Crippen LogP contribution >= 0.6 is 0 Å². The third kappa shape index (κ3) is 7.89. The Balaban J connectivity index is 1.86. The number of nitrogens with zero attached hydrogens (tertiary/aromatic N) is 2. The first-order valence-electron chi connectivity index (χ1n) is 10.4. The second-order valence-electron chi connectivity index (χ2n) is 7.01. The maximum atomic E-state index is 12.2. The predicted octanol–water partition coefficient (Wildman–Crippen LogP) is 3.95. The number of aliphatic imine (C=N–C) groups is 1. The molecule has 1 saturated heterocycles. The van der Waals surface area contributed by atoms with E-state index in [9.17, 15) is 4.79 Å². The van der Waals surface area contributed by atoms with Crippen LogP contribution in [0.25, 0.3) is 0 Å². The molecule has 1 heterocycles. The van der Waals surface area contributed by atoms with Crippen LogP contribution in [0.2, 0.25) is 0 Å². The van der Waals surface area contributed by atoms with Crippen LogP contribution in [0.15, 0.2) is 29.3 Å². The molecule has 0 unspecified atom stereocenters. The second-order valence-corrected chi connectivity index (χ2v) is 7.01. The number of carbonyl (C=O) groups excluding carboxylic acids is 1. The lowest BCUT2D eigenvalue weighted by Crippen LogP contribution is -2.37. The molecule has 3 N–H and O–H groups in total. The van der Waals surface area contributed by atoms with Crippen LogP contribution in [0.5, 0.6) is 0 Å². The lowest BCUT2D eigenvalue weighted by molar-refractivity contribution is 0.222. The van der Waals surface area contributed by atoms with Gasteiger partial charge in [0.15, 0.2) is 5.96 Å². The number of nitrogens with one attached hydrogen (secondary N) is 3. The number of likely N-dealkylation sites (tertiary alicyclic amines) is 1. The van der Waals surface area contributed by atoms with E-state index in [-0.39, 0.29) is 6.03 Å². The van der Waals surface area contributed by atoms with Gasteiger partial charge in [-0.1, -0.05) is 38.3 Å². The molecule has 1 aliphatic heterocycles. The SMILES string of the molecule is CCCCCCNC(=NCc1cccc(NC(=O)N2CCCC2)c1)NCC. The number of hydrogen-bond acceptors (Lipinski definition) is 2. The summed E-state index contributed by atoms with van der Waals surface area (Å²) >= 11 is 0. The first kappa shape index (κ1) is 21.1. The predicted molar refractivity (Wildman–Crippen MR) is 113 cm³/mol. The molecular formula is C21H35N5O. The van der Waals surface area contributed by atoms with Gasteiger partial charge in [-0.2, -0.15) is 0 Å². The normalized spacial score (nSPS) is 14.3. The van der Waals surface area contributed by atoms with Crippen LogP contribution in [-0.2, 0) is 6.54 Å². The number of hydrogen-bond donors (Lipinski definition) is 3.